The van der Waals surface area contributed by atoms with Gasteiger partial charge in [-0.1, -0.05) is 66.7 Å². The van der Waals surface area contributed by atoms with E-state index in [1.165, 1.54) is 11.1 Å². The highest BCUT2D eigenvalue weighted by Gasteiger charge is 2.14. The molecule has 0 spiro atoms. The van der Waals surface area contributed by atoms with Crippen molar-refractivity contribution in [3.63, 3.8) is 0 Å². The summed E-state index contributed by atoms with van der Waals surface area (Å²) in [4.78, 5) is 13.4. The van der Waals surface area contributed by atoms with Gasteiger partial charge in [0.1, 0.15) is 0 Å². The summed E-state index contributed by atoms with van der Waals surface area (Å²) in [5.74, 6) is 0. The Hall–Kier alpha value is -2.87. The molecule has 0 fully saturated rings. The monoisotopic (exact) mass is 301 g/mol. The molecule has 0 saturated carbocycles. The molecule has 0 unspecified atom stereocenters. The first-order valence-corrected chi connectivity index (χ1v) is 7.62. The molecular formula is C21H19NO. The number of hydrogen-bond donors (Lipinski definition) is 0. The maximum Gasteiger partial charge on any atom is 0.152 e. The van der Waals surface area contributed by atoms with Gasteiger partial charge < -0.3 is 4.90 Å². The van der Waals surface area contributed by atoms with Gasteiger partial charge in [-0.2, -0.15) is 0 Å². The second-order valence-electron chi connectivity index (χ2n) is 5.67. The summed E-state index contributed by atoms with van der Waals surface area (Å²) in [5.41, 5.74) is 6.19. The van der Waals surface area contributed by atoms with Crippen LogP contribution in [0.25, 0.3) is 22.3 Å². The summed E-state index contributed by atoms with van der Waals surface area (Å²) in [6, 6.07) is 24.5. The van der Waals surface area contributed by atoms with Crippen LogP contribution in [0.2, 0.25) is 0 Å². The molecule has 0 aliphatic heterocycles. The van der Waals surface area contributed by atoms with Crippen molar-refractivity contribution < 1.29 is 4.79 Å². The van der Waals surface area contributed by atoms with E-state index < -0.39 is 0 Å². The number of benzene rings is 3. The van der Waals surface area contributed by atoms with Crippen LogP contribution in [0, 0.1) is 0 Å². The van der Waals surface area contributed by atoms with Crippen LogP contribution in [0.15, 0.2) is 72.8 Å². The SMILES string of the molecule is CN(C)c1c(C=O)cccc1-c1ccccc1-c1ccccc1. The average molecular weight is 301 g/mol. The van der Waals surface area contributed by atoms with E-state index >= 15 is 0 Å². The Balaban J connectivity index is 2.27. The van der Waals surface area contributed by atoms with Gasteiger partial charge in [-0.25, -0.2) is 0 Å². The van der Waals surface area contributed by atoms with Crippen LogP contribution in [-0.4, -0.2) is 20.4 Å². The number of carbonyl (C=O) groups is 1. The highest BCUT2D eigenvalue weighted by molar-refractivity contribution is 5.96. The van der Waals surface area contributed by atoms with Gasteiger partial charge in [-0.05, 0) is 22.8 Å². The number of hydrogen-bond acceptors (Lipinski definition) is 2. The largest absolute Gasteiger partial charge is 0.377 e. The molecule has 0 aliphatic carbocycles. The second-order valence-corrected chi connectivity index (χ2v) is 5.67. The topological polar surface area (TPSA) is 20.3 Å². The Kier molecular flexibility index (Phi) is 4.24. The fraction of sp³-hybridized carbons (Fsp3) is 0.0952. The lowest BCUT2D eigenvalue weighted by atomic mass is 9.92. The van der Waals surface area contributed by atoms with Crippen molar-refractivity contribution in [2.24, 2.45) is 0 Å². The molecule has 3 rings (SSSR count). The van der Waals surface area contributed by atoms with E-state index in [0.29, 0.717) is 5.56 Å². The van der Waals surface area contributed by atoms with E-state index in [4.69, 9.17) is 0 Å². The minimum absolute atomic E-state index is 0.704. The molecule has 2 nitrogen and oxygen atoms in total. The van der Waals surface area contributed by atoms with Gasteiger partial charge in [-0.3, -0.25) is 4.79 Å². The lowest BCUT2D eigenvalue weighted by molar-refractivity contribution is 0.112. The predicted octanol–water partition coefficient (Wildman–Crippen LogP) is 4.90. The molecule has 0 saturated heterocycles. The molecule has 0 N–H and O–H groups in total. The number of aldehydes is 1. The summed E-state index contributed by atoms with van der Waals surface area (Å²) in [6.45, 7) is 0. The summed E-state index contributed by atoms with van der Waals surface area (Å²) >= 11 is 0. The van der Waals surface area contributed by atoms with Crippen molar-refractivity contribution in [1.82, 2.24) is 0 Å². The second kappa shape index (κ2) is 6.49. The van der Waals surface area contributed by atoms with E-state index in [1.54, 1.807) is 0 Å². The molecule has 0 aromatic heterocycles. The molecule has 0 heterocycles. The van der Waals surface area contributed by atoms with Gasteiger partial charge in [0, 0.05) is 25.2 Å². The third-order valence-corrected chi connectivity index (χ3v) is 3.94. The first kappa shape index (κ1) is 15.0. The lowest BCUT2D eigenvalue weighted by Gasteiger charge is -2.21. The minimum atomic E-state index is 0.704. The molecule has 0 bridgehead atoms. The molecule has 3 aromatic rings. The third-order valence-electron chi connectivity index (χ3n) is 3.94. The van der Waals surface area contributed by atoms with Crippen molar-refractivity contribution in [1.29, 1.82) is 0 Å². The number of para-hydroxylation sites is 1. The van der Waals surface area contributed by atoms with Crippen molar-refractivity contribution >= 4 is 12.0 Å². The van der Waals surface area contributed by atoms with Crippen molar-refractivity contribution in [2.75, 3.05) is 19.0 Å². The van der Waals surface area contributed by atoms with Gasteiger partial charge >= 0.3 is 0 Å². The Labute approximate surface area is 137 Å². The van der Waals surface area contributed by atoms with Crippen LogP contribution >= 0.6 is 0 Å². The molecular weight excluding hydrogens is 282 g/mol. The quantitative estimate of drug-likeness (QED) is 0.639. The standard InChI is InChI=1S/C21H19NO/c1-22(2)21-17(15-23)11-8-14-20(21)19-13-7-6-12-18(19)16-9-4-3-5-10-16/h3-15H,1-2H3. The number of rotatable bonds is 4. The van der Waals surface area contributed by atoms with Crippen LogP contribution in [0.1, 0.15) is 10.4 Å². The van der Waals surface area contributed by atoms with Gasteiger partial charge in [-0.15, -0.1) is 0 Å². The van der Waals surface area contributed by atoms with Gasteiger partial charge in [0.15, 0.2) is 6.29 Å². The molecule has 0 aliphatic rings. The lowest BCUT2D eigenvalue weighted by Crippen LogP contribution is -2.12. The highest BCUT2D eigenvalue weighted by atomic mass is 16.1. The van der Waals surface area contributed by atoms with Crippen molar-refractivity contribution in [2.45, 2.75) is 0 Å². The first-order valence-electron chi connectivity index (χ1n) is 7.62. The van der Waals surface area contributed by atoms with Crippen LogP contribution in [0.4, 0.5) is 5.69 Å². The molecule has 114 valence electrons. The average Bonchev–Trinajstić information content (AvgIpc) is 2.61. The molecule has 0 atom stereocenters. The Bertz CT molecular complexity index is 822. The van der Waals surface area contributed by atoms with Gasteiger partial charge in [0.2, 0.25) is 0 Å². The Morgan fingerprint density at radius 2 is 1.30 bits per heavy atom. The maximum atomic E-state index is 11.4. The zero-order valence-electron chi connectivity index (χ0n) is 13.4. The molecule has 2 heteroatoms. The number of nitrogens with zero attached hydrogens (tertiary/aromatic N) is 1. The zero-order valence-corrected chi connectivity index (χ0v) is 13.4. The van der Waals surface area contributed by atoms with E-state index in [-0.39, 0.29) is 0 Å². The van der Waals surface area contributed by atoms with Crippen molar-refractivity contribution in [3.8, 4) is 22.3 Å². The van der Waals surface area contributed by atoms with Gasteiger partial charge in [0.25, 0.3) is 0 Å². The van der Waals surface area contributed by atoms with Gasteiger partial charge in [0.05, 0.1) is 5.69 Å². The Morgan fingerprint density at radius 3 is 1.96 bits per heavy atom. The third kappa shape index (κ3) is 2.88. The predicted molar refractivity (Wildman–Crippen MR) is 97.0 cm³/mol. The molecule has 0 radical (unpaired) electrons. The first-order chi connectivity index (χ1) is 11.2. The highest BCUT2D eigenvalue weighted by Crippen LogP contribution is 2.38. The normalized spacial score (nSPS) is 10.3. The molecule has 3 aromatic carbocycles. The summed E-state index contributed by atoms with van der Waals surface area (Å²) in [6.07, 6.45) is 0.921. The maximum absolute atomic E-state index is 11.4. The van der Waals surface area contributed by atoms with Crippen LogP contribution in [-0.2, 0) is 0 Å². The molecule has 23 heavy (non-hydrogen) atoms. The van der Waals surface area contributed by atoms with E-state index in [2.05, 4.69) is 30.3 Å². The van der Waals surface area contributed by atoms with E-state index in [1.807, 2.05) is 61.5 Å². The Morgan fingerprint density at radius 1 is 0.696 bits per heavy atom. The van der Waals surface area contributed by atoms with Crippen LogP contribution < -0.4 is 4.90 Å². The summed E-state index contributed by atoms with van der Waals surface area (Å²) in [5, 5.41) is 0. The van der Waals surface area contributed by atoms with Crippen LogP contribution in [0.5, 0.6) is 0 Å². The van der Waals surface area contributed by atoms with E-state index in [9.17, 15) is 4.79 Å². The fourth-order valence-corrected chi connectivity index (χ4v) is 2.96. The minimum Gasteiger partial charge on any atom is -0.377 e. The number of carbonyl (C=O) groups excluding carboxylic acids is 1. The molecule has 0 amide bonds. The fourth-order valence-electron chi connectivity index (χ4n) is 2.96. The van der Waals surface area contributed by atoms with E-state index in [0.717, 1.165) is 23.1 Å². The summed E-state index contributed by atoms with van der Waals surface area (Å²) < 4.78 is 0. The summed E-state index contributed by atoms with van der Waals surface area (Å²) in [7, 11) is 3.94. The van der Waals surface area contributed by atoms with Crippen molar-refractivity contribution in [3.05, 3.63) is 78.4 Å². The smallest absolute Gasteiger partial charge is 0.152 e. The zero-order chi connectivity index (χ0) is 16.2. The van der Waals surface area contributed by atoms with Crippen LogP contribution in [0.3, 0.4) is 0 Å². The number of anilines is 1.